The van der Waals surface area contributed by atoms with Crippen molar-refractivity contribution >= 4 is 11.8 Å². The van der Waals surface area contributed by atoms with E-state index in [4.69, 9.17) is 9.47 Å². The van der Waals surface area contributed by atoms with Gasteiger partial charge in [0.05, 0.1) is 6.54 Å². The molecule has 6 nitrogen and oxygen atoms in total. The van der Waals surface area contributed by atoms with Gasteiger partial charge in [-0.3, -0.25) is 9.59 Å². The number of rotatable bonds is 6. The molecule has 1 heterocycles. The van der Waals surface area contributed by atoms with Crippen molar-refractivity contribution in [3.8, 4) is 11.5 Å². The molecule has 136 valence electrons. The van der Waals surface area contributed by atoms with Gasteiger partial charge < -0.3 is 19.7 Å². The number of hydrogen-bond donors (Lipinski definition) is 1. The van der Waals surface area contributed by atoms with E-state index in [1.807, 2.05) is 48.5 Å². The third-order valence-electron chi connectivity index (χ3n) is 4.28. The van der Waals surface area contributed by atoms with E-state index in [1.54, 1.807) is 19.2 Å². The summed E-state index contributed by atoms with van der Waals surface area (Å²) in [6, 6.07) is 18.0. The van der Waals surface area contributed by atoms with Gasteiger partial charge in [0.15, 0.2) is 6.61 Å². The zero-order chi connectivity index (χ0) is 18.4. The second-order valence-corrected chi connectivity index (χ2v) is 6.07. The highest BCUT2D eigenvalue weighted by Gasteiger charge is 2.40. The average Bonchev–Trinajstić information content (AvgIpc) is 3.11. The molecule has 2 amide bonds. The Labute approximate surface area is 152 Å². The number of likely N-dealkylation sites (N-methyl/N-ethyl adjacent to an activating group) is 1. The van der Waals surface area contributed by atoms with Crippen molar-refractivity contribution in [1.29, 1.82) is 0 Å². The maximum absolute atomic E-state index is 12.6. The smallest absolute Gasteiger partial charge is 0.261 e. The lowest BCUT2D eigenvalue weighted by Crippen LogP contribution is -2.46. The highest BCUT2D eigenvalue weighted by Crippen LogP contribution is 2.23. The minimum Gasteiger partial charge on any atom is -0.488 e. The summed E-state index contributed by atoms with van der Waals surface area (Å²) in [7, 11) is 1.57. The van der Waals surface area contributed by atoms with Crippen LogP contribution in [0.2, 0.25) is 0 Å². The van der Waals surface area contributed by atoms with Crippen LogP contribution in [0.15, 0.2) is 60.7 Å². The Kier molecular flexibility index (Phi) is 5.73. The number of likely N-dealkylation sites (tertiary alicyclic amines) is 1. The van der Waals surface area contributed by atoms with Crippen molar-refractivity contribution in [2.75, 3.05) is 20.2 Å². The molecule has 2 atom stereocenters. The van der Waals surface area contributed by atoms with Gasteiger partial charge in [-0.15, -0.1) is 0 Å². The summed E-state index contributed by atoms with van der Waals surface area (Å²) in [5, 5.41) is 2.62. The molecule has 0 aliphatic carbocycles. The van der Waals surface area contributed by atoms with Crippen LogP contribution < -0.4 is 14.8 Å². The maximum atomic E-state index is 12.6. The number of nitrogens with one attached hydrogen (secondary N) is 1. The predicted octanol–water partition coefficient (Wildman–Crippen LogP) is 1.86. The van der Waals surface area contributed by atoms with Gasteiger partial charge in [0.25, 0.3) is 5.91 Å². The number of carbonyl (C=O) groups excluding carboxylic acids is 2. The van der Waals surface area contributed by atoms with Gasteiger partial charge in [-0.25, -0.2) is 0 Å². The number of ether oxygens (including phenoxy) is 2. The highest BCUT2D eigenvalue weighted by molar-refractivity contribution is 5.88. The van der Waals surface area contributed by atoms with Gasteiger partial charge in [0.2, 0.25) is 5.91 Å². The normalized spacial score (nSPS) is 19.0. The summed E-state index contributed by atoms with van der Waals surface area (Å²) in [6.45, 7) is 0.236. The molecular formula is C20H22N2O4. The molecule has 3 rings (SSSR count). The third kappa shape index (κ3) is 4.33. The Balaban J connectivity index is 1.64. The molecule has 0 saturated carbocycles. The molecule has 2 aromatic rings. The monoisotopic (exact) mass is 354 g/mol. The van der Waals surface area contributed by atoms with Crippen LogP contribution in [-0.2, 0) is 9.59 Å². The van der Waals surface area contributed by atoms with Crippen molar-refractivity contribution in [3.63, 3.8) is 0 Å². The van der Waals surface area contributed by atoms with Crippen LogP contribution >= 0.6 is 0 Å². The number of para-hydroxylation sites is 2. The first-order chi connectivity index (χ1) is 12.7. The molecular weight excluding hydrogens is 332 g/mol. The molecule has 2 aromatic carbocycles. The summed E-state index contributed by atoms with van der Waals surface area (Å²) < 4.78 is 11.5. The maximum Gasteiger partial charge on any atom is 0.261 e. The zero-order valence-electron chi connectivity index (χ0n) is 14.6. The van der Waals surface area contributed by atoms with Crippen molar-refractivity contribution in [1.82, 2.24) is 10.2 Å². The van der Waals surface area contributed by atoms with Crippen molar-refractivity contribution < 1.29 is 19.1 Å². The molecule has 6 heteroatoms. The van der Waals surface area contributed by atoms with E-state index in [0.29, 0.717) is 18.7 Å². The fourth-order valence-electron chi connectivity index (χ4n) is 3.01. The molecule has 0 bridgehead atoms. The van der Waals surface area contributed by atoms with Gasteiger partial charge in [-0.2, -0.15) is 0 Å². The van der Waals surface area contributed by atoms with E-state index in [2.05, 4.69) is 5.32 Å². The second-order valence-electron chi connectivity index (χ2n) is 6.07. The summed E-state index contributed by atoms with van der Waals surface area (Å²) in [4.78, 5) is 26.3. The lowest BCUT2D eigenvalue weighted by molar-refractivity contribution is -0.139. The van der Waals surface area contributed by atoms with E-state index in [0.717, 1.165) is 5.75 Å². The molecule has 26 heavy (non-hydrogen) atoms. The van der Waals surface area contributed by atoms with Crippen LogP contribution in [0, 0.1) is 0 Å². The molecule has 1 aliphatic rings. The minimum atomic E-state index is -0.555. The van der Waals surface area contributed by atoms with Crippen LogP contribution in [0.1, 0.15) is 6.42 Å². The number of nitrogens with zero attached hydrogens (tertiary/aromatic N) is 1. The number of carbonyl (C=O) groups is 2. The van der Waals surface area contributed by atoms with Crippen molar-refractivity contribution in [2.45, 2.75) is 18.6 Å². The van der Waals surface area contributed by atoms with Crippen molar-refractivity contribution in [3.05, 3.63) is 60.7 Å². The zero-order valence-corrected chi connectivity index (χ0v) is 14.6. The first-order valence-electron chi connectivity index (χ1n) is 8.58. The van der Waals surface area contributed by atoms with Gasteiger partial charge in [-0.1, -0.05) is 36.4 Å². The molecule has 1 N–H and O–H groups in total. The van der Waals surface area contributed by atoms with Gasteiger partial charge in [-0.05, 0) is 24.3 Å². The number of amides is 2. The molecule has 2 unspecified atom stereocenters. The largest absolute Gasteiger partial charge is 0.488 e. The molecule has 1 aliphatic heterocycles. The van der Waals surface area contributed by atoms with Crippen LogP contribution in [0.4, 0.5) is 0 Å². The second kappa shape index (κ2) is 8.38. The Morgan fingerprint density at radius 2 is 1.65 bits per heavy atom. The molecule has 1 fully saturated rings. The topological polar surface area (TPSA) is 67.9 Å². The molecule has 0 radical (unpaired) electrons. The Morgan fingerprint density at radius 1 is 1.04 bits per heavy atom. The number of hydrogen-bond acceptors (Lipinski definition) is 4. The Bertz CT molecular complexity index is 736. The van der Waals surface area contributed by atoms with E-state index in [-0.39, 0.29) is 24.5 Å². The Hall–Kier alpha value is -3.02. The summed E-state index contributed by atoms with van der Waals surface area (Å²) in [6.07, 6.45) is 0.214. The van der Waals surface area contributed by atoms with Crippen LogP contribution in [0.3, 0.4) is 0 Å². The van der Waals surface area contributed by atoms with Crippen LogP contribution in [0.25, 0.3) is 0 Å². The quantitative estimate of drug-likeness (QED) is 0.860. The third-order valence-corrected chi connectivity index (χ3v) is 4.28. The minimum absolute atomic E-state index is 0.116. The fraction of sp³-hybridized carbons (Fsp3) is 0.300. The summed E-state index contributed by atoms with van der Waals surface area (Å²) in [5.74, 6) is 0.912. The van der Waals surface area contributed by atoms with Crippen LogP contribution in [0.5, 0.6) is 11.5 Å². The van der Waals surface area contributed by atoms with Crippen LogP contribution in [-0.4, -0.2) is 49.1 Å². The van der Waals surface area contributed by atoms with E-state index >= 15 is 0 Å². The lowest BCUT2D eigenvalue weighted by atomic mass is 10.2. The summed E-state index contributed by atoms with van der Waals surface area (Å²) in [5.41, 5.74) is 0. The fourth-order valence-corrected chi connectivity index (χ4v) is 3.01. The Morgan fingerprint density at radius 3 is 2.27 bits per heavy atom. The SMILES string of the molecule is CNC(=O)C1CC(Oc2ccccc2)CN1C(=O)COc1ccccc1. The first-order valence-corrected chi connectivity index (χ1v) is 8.58. The number of benzene rings is 2. The van der Waals surface area contributed by atoms with Gasteiger partial charge in [0, 0.05) is 13.5 Å². The molecule has 0 spiro atoms. The molecule has 0 aromatic heterocycles. The summed E-state index contributed by atoms with van der Waals surface area (Å²) >= 11 is 0. The van der Waals surface area contributed by atoms with E-state index in [9.17, 15) is 9.59 Å². The molecule has 1 saturated heterocycles. The van der Waals surface area contributed by atoms with Crippen molar-refractivity contribution in [2.24, 2.45) is 0 Å². The highest BCUT2D eigenvalue weighted by atomic mass is 16.5. The first kappa shape index (κ1) is 17.8. The van der Waals surface area contributed by atoms with E-state index < -0.39 is 6.04 Å². The lowest BCUT2D eigenvalue weighted by Gasteiger charge is -2.23. The standard InChI is InChI=1S/C20H22N2O4/c1-21-20(24)18-12-17(26-16-10-6-3-7-11-16)13-22(18)19(23)14-25-15-8-4-2-5-9-15/h2-11,17-18H,12-14H2,1H3,(H,21,24). The van der Waals surface area contributed by atoms with E-state index in [1.165, 1.54) is 4.90 Å². The average molecular weight is 354 g/mol. The predicted molar refractivity (Wildman–Crippen MR) is 97.0 cm³/mol. The van der Waals surface area contributed by atoms with Gasteiger partial charge in [0.1, 0.15) is 23.6 Å². The van der Waals surface area contributed by atoms with Gasteiger partial charge >= 0.3 is 0 Å².